The second kappa shape index (κ2) is 9.85. The molecule has 182 valence electrons. The fraction of sp³-hybridized carbons (Fsp3) is 0.280. The number of carbonyl (C=O) groups excluding carboxylic acids is 2. The van der Waals surface area contributed by atoms with Crippen LogP contribution in [-0.2, 0) is 9.53 Å². The van der Waals surface area contributed by atoms with Gasteiger partial charge in [-0.3, -0.25) is 4.79 Å². The predicted molar refractivity (Wildman–Crippen MR) is 129 cm³/mol. The summed E-state index contributed by atoms with van der Waals surface area (Å²) in [6.07, 6.45) is -0.612. The Morgan fingerprint density at radius 1 is 1.11 bits per heavy atom. The van der Waals surface area contributed by atoms with Crippen LogP contribution in [-0.4, -0.2) is 51.9 Å². The van der Waals surface area contributed by atoms with Gasteiger partial charge in [-0.25, -0.2) is 14.6 Å². The largest absolute Gasteiger partial charge is 0.479 e. The minimum absolute atomic E-state index is 0.00730. The van der Waals surface area contributed by atoms with Crippen molar-refractivity contribution < 1.29 is 29.3 Å². The van der Waals surface area contributed by atoms with E-state index < -0.39 is 36.2 Å². The van der Waals surface area contributed by atoms with E-state index >= 15 is 0 Å². The van der Waals surface area contributed by atoms with Crippen LogP contribution in [0.5, 0.6) is 0 Å². The molecule has 2 amide bonds. The number of rotatable bonds is 8. The number of ether oxygens (including phenoxy) is 1. The zero-order valence-corrected chi connectivity index (χ0v) is 20.0. The maximum Gasteiger partial charge on any atom is 0.407 e. The van der Waals surface area contributed by atoms with E-state index in [1.165, 1.54) is 12.3 Å². The van der Waals surface area contributed by atoms with Crippen molar-refractivity contribution in [1.82, 2.24) is 15.6 Å². The van der Waals surface area contributed by atoms with E-state index in [1.54, 1.807) is 6.92 Å². The summed E-state index contributed by atoms with van der Waals surface area (Å²) < 4.78 is 5.55. The van der Waals surface area contributed by atoms with Crippen LogP contribution in [0.15, 0.2) is 53.9 Å². The molecule has 2 atom stereocenters. The first kappa shape index (κ1) is 24.4. The van der Waals surface area contributed by atoms with Gasteiger partial charge in [-0.15, -0.1) is 11.3 Å². The Kier molecular flexibility index (Phi) is 6.86. The fourth-order valence-electron chi connectivity index (χ4n) is 3.94. The topological polar surface area (TPSA) is 138 Å². The van der Waals surface area contributed by atoms with E-state index in [2.05, 4.69) is 27.8 Å². The molecule has 0 radical (unpaired) electrons. The minimum atomic E-state index is -1.83. The number of carbonyl (C=O) groups is 3. The van der Waals surface area contributed by atoms with Gasteiger partial charge < -0.3 is 25.6 Å². The minimum Gasteiger partial charge on any atom is -0.479 e. The molecule has 9 nitrogen and oxygen atoms in total. The number of amides is 2. The van der Waals surface area contributed by atoms with E-state index in [0.717, 1.165) is 33.6 Å². The molecule has 1 heterocycles. The molecule has 0 bridgehead atoms. The first-order valence-corrected chi connectivity index (χ1v) is 11.8. The zero-order chi connectivity index (χ0) is 25.2. The molecular formula is C25H25N3O6S. The van der Waals surface area contributed by atoms with Crippen molar-refractivity contribution in [1.29, 1.82) is 0 Å². The molecule has 0 fully saturated rings. The SMILES string of the molecule is CC(NC(=O)OCC1c2ccccc2-c2ccccc21)c1nc(C(=O)NC(C)(CO)C(=O)O)cs1. The molecule has 1 aliphatic carbocycles. The fourth-order valence-corrected chi connectivity index (χ4v) is 4.75. The van der Waals surface area contributed by atoms with Gasteiger partial charge in [-0.05, 0) is 36.1 Å². The van der Waals surface area contributed by atoms with Gasteiger partial charge in [0.2, 0.25) is 0 Å². The Morgan fingerprint density at radius 2 is 1.71 bits per heavy atom. The number of hydrogen-bond acceptors (Lipinski definition) is 7. The monoisotopic (exact) mass is 495 g/mol. The lowest BCUT2D eigenvalue weighted by atomic mass is 9.98. The second-order valence-electron chi connectivity index (χ2n) is 8.51. The molecule has 0 saturated heterocycles. The summed E-state index contributed by atoms with van der Waals surface area (Å²) in [5.41, 5.74) is 2.67. The number of nitrogens with one attached hydrogen (secondary N) is 2. The zero-order valence-electron chi connectivity index (χ0n) is 19.1. The number of carboxylic acid groups (broad SMARTS) is 1. The molecule has 35 heavy (non-hydrogen) atoms. The lowest BCUT2D eigenvalue weighted by Crippen LogP contribution is -2.55. The van der Waals surface area contributed by atoms with Crippen LogP contribution in [0.1, 0.15) is 52.4 Å². The third kappa shape index (κ3) is 4.89. The molecule has 1 aliphatic rings. The number of aliphatic hydroxyl groups is 1. The normalized spacial score (nSPS) is 14.8. The lowest BCUT2D eigenvalue weighted by Gasteiger charge is -2.22. The molecule has 0 aliphatic heterocycles. The van der Waals surface area contributed by atoms with Crippen LogP contribution in [0.4, 0.5) is 4.79 Å². The van der Waals surface area contributed by atoms with Crippen LogP contribution in [0, 0.1) is 0 Å². The molecule has 2 unspecified atom stereocenters. The molecule has 4 N–H and O–H groups in total. The smallest absolute Gasteiger partial charge is 0.407 e. The van der Waals surface area contributed by atoms with Crippen molar-refractivity contribution in [2.24, 2.45) is 0 Å². The molecule has 0 saturated carbocycles. The summed E-state index contributed by atoms with van der Waals surface area (Å²) in [4.78, 5) is 40.4. The maximum absolute atomic E-state index is 12.5. The van der Waals surface area contributed by atoms with Gasteiger partial charge >= 0.3 is 12.1 Å². The van der Waals surface area contributed by atoms with Crippen molar-refractivity contribution in [2.45, 2.75) is 31.3 Å². The number of carboxylic acids is 1. The number of aliphatic carboxylic acids is 1. The molecular weight excluding hydrogens is 470 g/mol. The highest BCUT2D eigenvalue weighted by Crippen LogP contribution is 2.44. The first-order valence-electron chi connectivity index (χ1n) is 11.0. The first-order chi connectivity index (χ1) is 16.7. The third-order valence-corrected chi connectivity index (χ3v) is 7.01. The highest BCUT2D eigenvalue weighted by Gasteiger charge is 2.35. The van der Waals surface area contributed by atoms with Crippen molar-refractivity contribution >= 4 is 29.3 Å². The Hall–Kier alpha value is -3.76. The van der Waals surface area contributed by atoms with Crippen LogP contribution < -0.4 is 10.6 Å². The Bertz CT molecular complexity index is 1230. The molecule has 0 spiro atoms. The number of aliphatic hydroxyl groups excluding tert-OH is 1. The summed E-state index contributed by atoms with van der Waals surface area (Å²) in [5, 5.41) is 25.4. The number of fused-ring (bicyclic) bond motifs is 3. The van der Waals surface area contributed by atoms with Gasteiger partial charge in [0.15, 0.2) is 5.54 Å². The summed E-state index contributed by atoms with van der Waals surface area (Å²) >= 11 is 1.14. The van der Waals surface area contributed by atoms with Crippen LogP contribution in [0.2, 0.25) is 0 Å². The van der Waals surface area contributed by atoms with Crippen LogP contribution in [0.3, 0.4) is 0 Å². The average Bonchev–Trinajstić information content (AvgIpc) is 3.46. The van der Waals surface area contributed by atoms with Gasteiger partial charge in [-0.1, -0.05) is 48.5 Å². The van der Waals surface area contributed by atoms with E-state index in [4.69, 9.17) is 4.74 Å². The van der Waals surface area contributed by atoms with Crippen molar-refractivity contribution in [3.05, 3.63) is 75.7 Å². The maximum atomic E-state index is 12.5. The number of alkyl carbamates (subject to hydrolysis) is 1. The van der Waals surface area contributed by atoms with Gasteiger partial charge in [-0.2, -0.15) is 0 Å². The van der Waals surface area contributed by atoms with E-state index in [1.807, 2.05) is 36.4 Å². The Balaban J connectivity index is 1.37. The molecule has 2 aromatic carbocycles. The van der Waals surface area contributed by atoms with Crippen LogP contribution in [0.25, 0.3) is 11.1 Å². The standard InChI is InChI=1S/C25H25N3O6S/c1-14(22-27-20(12-35-22)21(30)28-25(2,13-29)23(31)32)26-24(33)34-11-19-17-9-5-3-7-15(17)16-8-4-6-10-18(16)19/h3-10,12,14,19,29H,11,13H2,1-2H3,(H,26,33)(H,28,30)(H,31,32). The predicted octanol–water partition coefficient (Wildman–Crippen LogP) is 3.31. The van der Waals surface area contributed by atoms with Crippen molar-refractivity contribution in [2.75, 3.05) is 13.2 Å². The highest BCUT2D eigenvalue weighted by atomic mass is 32.1. The molecule has 3 aromatic rings. The van der Waals surface area contributed by atoms with Gasteiger partial charge in [0.05, 0.1) is 12.6 Å². The molecule has 10 heteroatoms. The number of aromatic nitrogens is 1. The summed E-state index contributed by atoms with van der Waals surface area (Å²) in [6, 6.07) is 15.6. The van der Waals surface area contributed by atoms with E-state index in [0.29, 0.717) is 5.01 Å². The van der Waals surface area contributed by atoms with Crippen molar-refractivity contribution in [3.8, 4) is 11.1 Å². The summed E-state index contributed by atoms with van der Waals surface area (Å²) in [6.45, 7) is 2.30. The van der Waals surface area contributed by atoms with Gasteiger partial charge in [0.1, 0.15) is 17.3 Å². The van der Waals surface area contributed by atoms with Crippen LogP contribution >= 0.6 is 11.3 Å². The second-order valence-corrected chi connectivity index (χ2v) is 9.40. The lowest BCUT2D eigenvalue weighted by molar-refractivity contribution is -0.145. The summed E-state index contributed by atoms with van der Waals surface area (Å²) in [7, 11) is 0. The third-order valence-electron chi connectivity index (χ3n) is 5.98. The average molecular weight is 496 g/mol. The number of nitrogens with zero attached hydrogens (tertiary/aromatic N) is 1. The van der Waals surface area contributed by atoms with E-state index in [-0.39, 0.29) is 18.2 Å². The van der Waals surface area contributed by atoms with Gasteiger partial charge in [0, 0.05) is 11.3 Å². The van der Waals surface area contributed by atoms with Gasteiger partial charge in [0.25, 0.3) is 5.91 Å². The number of benzene rings is 2. The Labute approximate surface area is 205 Å². The molecule has 1 aromatic heterocycles. The van der Waals surface area contributed by atoms with Crippen molar-refractivity contribution in [3.63, 3.8) is 0 Å². The number of thiazole rings is 1. The highest BCUT2D eigenvalue weighted by molar-refractivity contribution is 7.09. The Morgan fingerprint density at radius 3 is 2.29 bits per heavy atom. The molecule has 4 rings (SSSR count). The number of hydrogen-bond donors (Lipinski definition) is 4. The quantitative estimate of drug-likeness (QED) is 0.376. The van der Waals surface area contributed by atoms with E-state index in [9.17, 15) is 24.6 Å². The summed E-state index contributed by atoms with van der Waals surface area (Å²) in [5.74, 6) is -2.16.